The first-order valence-electron chi connectivity index (χ1n) is 27.3. The van der Waals surface area contributed by atoms with Crippen molar-refractivity contribution in [1.29, 1.82) is 0 Å². The van der Waals surface area contributed by atoms with E-state index >= 15 is 0 Å². The first-order chi connectivity index (χ1) is 31.3. The summed E-state index contributed by atoms with van der Waals surface area (Å²) in [7, 11) is -6.15. The lowest BCUT2D eigenvalue weighted by Crippen LogP contribution is -2.63. The Kier molecular flexibility index (Phi) is 18.3. The van der Waals surface area contributed by atoms with Gasteiger partial charge in [0.1, 0.15) is 20.4 Å². The molecule has 5 saturated carbocycles. The predicted molar refractivity (Wildman–Crippen MR) is 285 cm³/mol. The van der Waals surface area contributed by atoms with E-state index in [-0.39, 0.29) is 80.8 Å². The molecule has 5 fully saturated rings. The zero-order valence-corrected chi connectivity index (χ0v) is 49.7. The molecule has 6 rings (SSSR count). The highest BCUT2D eigenvalue weighted by atomic mass is 28.4. The maximum atomic E-state index is 12.6. The number of aliphatic hydroxyl groups excluding tert-OH is 2. The fraction of sp³-hybridized carbons (Fsp3) is 0.926. The van der Waals surface area contributed by atoms with Gasteiger partial charge in [-0.05, 0) is 126 Å². The molecular formula is C54H102O9Si4. The second-order valence-corrected chi connectivity index (χ2v) is 48.5. The average Bonchev–Trinajstić information content (AvgIpc) is 4.04. The fourth-order valence-electron chi connectivity index (χ4n) is 15.0. The first-order valence-corrected chi connectivity index (χ1v) is 40.9. The molecule has 0 aromatic carbocycles. The predicted octanol–water partition coefficient (Wildman–Crippen LogP) is 12.6. The Morgan fingerprint density at radius 2 is 1.27 bits per heavy atom. The molecule has 13 atom stereocenters. The first kappa shape index (κ1) is 56.3. The van der Waals surface area contributed by atoms with Gasteiger partial charge in [0.25, 0.3) is 0 Å². The van der Waals surface area contributed by atoms with E-state index in [4.69, 9.17) is 32.8 Å². The normalized spacial score (nSPS) is 36.6. The minimum atomic E-state index is -2.23. The van der Waals surface area contributed by atoms with Crippen molar-refractivity contribution in [3.63, 3.8) is 0 Å². The lowest BCUT2D eigenvalue weighted by atomic mass is 9.55. The highest BCUT2D eigenvalue weighted by Crippen LogP contribution is 2.82. The monoisotopic (exact) mass is 1010 g/mol. The molecule has 0 aromatic rings. The van der Waals surface area contributed by atoms with Gasteiger partial charge in [-0.2, -0.15) is 0 Å². The quantitative estimate of drug-likeness (QED) is 0.0360. The number of fused-ring (bicyclic) bond motifs is 2. The number of hydrogen-bond acceptors (Lipinski definition) is 9. The van der Waals surface area contributed by atoms with Crippen LogP contribution in [0.1, 0.15) is 92.9 Å². The van der Waals surface area contributed by atoms with Gasteiger partial charge in [0.05, 0.1) is 36.6 Å². The molecule has 0 saturated heterocycles. The summed E-state index contributed by atoms with van der Waals surface area (Å²) in [6.07, 6.45) is 9.41. The largest absolute Gasteiger partial charge is 0.413 e. The van der Waals surface area contributed by atoms with Gasteiger partial charge in [-0.1, -0.05) is 103 Å². The Morgan fingerprint density at radius 3 is 1.79 bits per heavy atom. The van der Waals surface area contributed by atoms with Crippen LogP contribution in [0, 0.1) is 51.8 Å². The third-order valence-corrected chi connectivity index (χ3v) is 28.8. The Hall–Kier alpha value is -0.0125. The molecule has 0 unspecified atom stereocenters. The van der Waals surface area contributed by atoms with Gasteiger partial charge in [-0.3, -0.25) is 0 Å². The van der Waals surface area contributed by atoms with Crippen molar-refractivity contribution in [3.8, 4) is 0 Å². The third-order valence-electron chi connectivity index (χ3n) is 19.1. The van der Waals surface area contributed by atoms with Gasteiger partial charge in [-0.15, -0.1) is 0 Å². The maximum absolute atomic E-state index is 12.6. The molecule has 2 bridgehead atoms. The smallest absolute Gasteiger partial charge is 0.192 e. The number of aliphatic hydroxyl groups is 2. The van der Waals surface area contributed by atoms with Gasteiger partial charge in [0, 0.05) is 78.0 Å². The molecule has 2 N–H and O–H groups in total. The highest BCUT2D eigenvalue weighted by Gasteiger charge is 2.85. The maximum Gasteiger partial charge on any atom is 0.192 e. The molecule has 13 heteroatoms. The molecule has 388 valence electrons. The summed E-state index contributed by atoms with van der Waals surface area (Å²) in [5.74, 6) is 0.897. The summed E-state index contributed by atoms with van der Waals surface area (Å²) in [4.78, 5) is 0. The number of rotatable bonds is 27. The summed E-state index contributed by atoms with van der Waals surface area (Å²) in [5, 5.41) is 24.7. The molecule has 67 heavy (non-hydrogen) atoms. The van der Waals surface area contributed by atoms with E-state index in [0.717, 1.165) is 93.2 Å². The van der Waals surface area contributed by atoms with Crippen LogP contribution >= 0.6 is 0 Å². The van der Waals surface area contributed by atoms with Crippen LogP contribution in [-0.4, -0.2) is 120 Å². The standard InChI is InChI=1S/C54H102O9Si4/c1-17-67(18-2,19-3)63-48-43-23-21-41(42-22-20-40(39(4)5)47(42)56)44(43)34-52(35-55)46-25-27-54(48,52)50(61-37-58-29-32-65(11,12)13)53(46)26-24-45(49(53)60-36-57-28-31-64(8,9)10)51(6,7)62-38-59-30-33-66(14,15)16/h34,40-43,45-50,55-56H,4,17-33,35-38H2,1-3,5-16H3/t40-,41-,42+,43+,45+,46-,47+,48-,49-,50-,52-,53+,54+/m0/s1. The molecule has 0 amide bonds. The summed E-state index contributed by atoms with van der Waals surface area (Å²) >= 11 is 0. The van der Waals surface area contributed by atoms with Gasteiger partial charge in [0.15, 0.2) is 8.32 Å². The highest BCUT2D eigenvalue weighted by molar-refractivity contribution is 6.76. The molecule has 1 spiro atoms. The lowest BCUT2D eigenvalue weighted by molar-refractivity contribution is -0.243. The van der Waals surface area contributed by atoms with Crippen LogP contribution in [0.25, 0.3) is 0 Å². The van der Waals surface area contributed by atoms with E-state index in [2.05, 4.69) is 113 Å². The number of ether oxygens (including phenoxy) is 6. The average molecular weight is 1010 g/mol. The van der Waals surface area contributed by atoms with Gasteiger partial charge < -0.3 is 43.1 Å². The van der Waals surface area contributed by atoms with Crippen LogP contribution in [0.2, 0.25) is 95.2 Å². The van der Waals surface area contributed by atoms with Crippen molar-refractivity contribution in [3.05, 3.63) is 23.8 Å². The second kappa shape index (κ2) is 21.8. The van der Waals surface area contributed by atoms with Crippen LogP contribution in [-0.2, 0) is 32.8 Å². The Morgan fingerprint density at radius 1 is 0.716 bits per heavy atom. The lowest BCUT2D eigenvalue weighted by Gasteiger charge is -2.57. The zero-order chi connectivity index (χ0) is 49.4. The van der Waals surface area contributed by atoms with Crippen LogP contribution in [0.3, 0.4) is 0 Å². The molecule has 0 aromatic heterocycles. The third kappa shape index (κ3) is 11.2. The van der Waals surface area contributed by atoms with E-state index in [1.165, 1.54) is 5.57 Å². The van der Waals surface area contributed by atoms with Crippen molar-refractivity contribution in [2.75, 3.05) is 46.8 Å². The van der Waals surface area contributed by atoms with Crippen molar-refractivity contribution in [2.45, 2.75) is 218 Å². The second-order valence-electron chi connectivity index (χ2n) is 26.9. The summed E-state index contributed by atoms with van der Waals surface area (Å²) in [5.41, 5.74) is 0.436. The van der Waals surface area contributed by atoms with Crippen molar-refractivity contribution < 1.29 is 43.1 Å². The van der Waals surface area contributed by atoms with Crippen LogP contribution < -0.4 is 0 Å². The van der Waals surface area contributed by atoms with Crippen LogP contribution in [0.4, 0.5) is 0 Å². The Balaban J connectivity index is 1.49. The summed E-state index contributed by atoms with van der Waals surface area (Å²) < 4.78 is 49.4. The number of hydrogen-bond donors (Lipinski definition) is 2. The van der Waals surface area contributed by atoms with Crippen molar-refractivity contribution in [1.82, 2.24) is 0 Å². The molecule has 9 nitrogen and oxygen atoms in total. The Labute approximate surface area is 414 Å². The molecule has 0 aliphatic heterocycles. The van der Waals surface area contributed by atoms with E-state index in [1.54, 1.807) is 0 Å². The SMILES string of the molecule is C=C(C)[C@@H]1CC[C@H]([C@@H]2CC[C@@H]3C2=C[C@]2(CO)[C@@H]4CC[C@@]2([C@H]3O[Si](CC)(CC)CC)[C@@H](OCOCC[Si](C)(C)C)[C@]42CC[C@@H](C(C)(C)OCOCC[Si](C)(C)C)[C@@H]2OCOCC[Si](C)(C)C)[C@@H]1O. The van der Waals surface area contributed by atoms with Gasteiger partial charge in [-0.25, -0.2) is 0 Å². The van der Waals surface area contributed by atoms with Gasteiger partial charge >= 0.3 is 0 Å². The summed E-state index contributed by atoms with van der Waals surface area (Å²) in [6, 6.07) is 6.43. The van der Waals surface area contributed by atoms with Crippen LogP contribution in [0.5, 0.6) is 0 Å². The molecule has 0 heterocycles. The summed E-state index contributed by atoms with van der Waals surface area (Å²) in [6.45, 7) is 42.4. The van der Waals surface area contributed by atoms with Gasteiger partial charge in [0.2, 0.25) is 0 Å². The topological polar surface area (TPSA) is 105 Å². The van der Waals surface area contributed by atoms with E-state index in [0.29, 0.717) is 19.8 Å². The van der Waals surface area contributed by atoms with E-state index < -0.39 is 60.5 Å². The molecule has 0 radical (unpaired) electrons. The molecular weight excluding hydrogens is 905 g/mol. The Bertz CT molecular complexity index is 1660. The minimum Gasteiger partial charge on any atom is -0.413 e. The molecule has 6 aliphatic rings. The van der Waals surface area contributed by atoms with Crippen molar-refractivity contribution in [2.24, 2.45) is 51.8 Å². The van der Waals surface area contributed by atoms with E-state index in [1.807, 2.05) is 0 Å². The zero-order valence-electron chi connectivity index (χ0n) is 45.7. The van der Waals surface area contributed by atoms with E-state index in [9.17, 15) is 10.2 Å². The van der Waals surface area contributed by atoms with Crippen LogP contribution in [0.15, 0.2) is 23.8 Å². The van der Waals surface area contributed by atoms with Crippen molar-refractivity contribution >= 4 is 32.5 Å². The minimum absolute atomic E-state index is 0.0310. The fourth-order valence-corrected chi connectivity index (χ4v) is 20.2. The molecule has 6 aliphatic carbocycles.